The maximum Gasteiger partial charge on any atom is -0.0148 e. The van der Waals surface area contributed by atoms with Gasteiger partial charge in [0.2, 0.25) is 0 Å². The zero-order chi connectivity index (χ0) is 8.77. The molecule has 0 heterocycles. The molecule has 0 aromatic heterocycles. The zero-order valence-corrected chi connectivity index (χ0v) is 8.51. The van der Waals surface area contributed by atoms with E-state index in [0.29, 0.717) is 5.41 Å². The number of hydrogen-bond acceptors (Lipinski definition) is 0. The van der Waals surface area contributed by atoms with Crippen LogP contribution in [0, 0.1) is 23.2 Å². The second kappa shape index (κ2) is 2.61. The summed E-state index contributed by atoms with van der Waals surface area (Å²) >= 11 is 0. The van der Waals surface area contributed by atoms with Crippen LogP contribution < -0.4 is 0 Å². The van der Waals surface area contributed by atoms with Gasteiger partial charge in [-0.2, -0.15) is 0 Å². The molecule has 3 unspecified atom stereocenters. The lowest BCUT2D eigenvalue weighted by Gasteiger charge is -2.60. The van der Waals surface area contributed by atoms with Gasteiger partial charge in [0.1, 0.15) is 0 Å². The summed E-state index contributed by atoms with van der Waals surface area (Å²) in [6.45, 7) is 7.20. The monoisotopic (exact) mass is 164 g/mol. The van der Waals surface area contributed by atoms with Gasteiger partial charge in [0.05, 0.1) is 0 Å². The highest BCUT2D eigenvalue weighted by molar-refractivity contribution is 5.17. The molecule has 0 N–H and O–H groups in total. The molecular weight excluding hydrogens is 144 g/mol. The molecule has 0 aromatic rings. The van der Waals surface area contributed by atoms with Crippen LogP contribution in [0.25, 0.3) is 0 Å². The van der Waals surface area contributed by atoms with Crippen molar-refractivity contribution in [3.05, 3.63) is 12.2 Å². The fraction of sp³-hybridized carbons (Fsp3) is 0.833. The summed E-state index contributed by atoms with van der Waals surface area (Å²) in [4.78, 5) is 0. The number of fused-ring (bicyclic) bond motifs is 1. The fourth-order valence-electron chi connectivity index (χ4n) is 3.44. The Labute approximate surface area is 76.1 Å². The van der Waals surface area contributed by atoms with Gasteiger partial charge >= 0.3 is 0 Å². The van der Waals surface area contributed by atoms with E-state index in [0.717, 1.165) is 17.8 Å². The summed E-state index contributed by atoms with van der Waals surface area (Å²) in [7, 11) is 0. The van der Waals surface area contributed by atoms with Crippen LogP contribution in [-0.4, -0.2) is 0 Å². The highest BCUT2D eigenvalue weighted by atomic mass is 14.6. The van der Waals surface area contributed by atoms with Crippen molar-refractivity contribution in [2.24, 2.45) is 23.2 Å². The van der Waals surface area contributed by atoms with Crippen molar-refractivity contribution >= 4 is 0 Å². The molecule has 0 heteroatoms. The summed E-state index contributed by atoms with van der Waals surface area (Å²) < 4.78 is 0. The molecule has 0 saturated heterocycles. The molecule has 3 atom stereocenters. The van der Waals surface area contributed by atoms with Crippen LogP contribution in [0.1, 0.15) is 40.0 Å². The van der Waals surface area contributed by atoms with Crippen molar-refractivity contribution in [3.8, 4) is 0 Å². The van der Waals surface area contributed by atoms with Gasteiger partial charge in [0.25, 0.3) is 0 Å². The second-order valence-electron chi connectivity index (χ2n) is 5.07. The van der Waals surface area contributed by atoms with E-state index in [-0.39, 0.29) is 0 Å². The molecule has 1 fully saturated rings. The van der Waals surface area contributed by atoms with E-state index in [9.17, 15) is 0 Å². The molecule has 3 aliphatic rings. The van der Waals surface area contributed by atoms with Crippen molar-refractivity contribution < 1.29 is 0 Å². The predicted octanol–water partition coefficient (Wildman–Crippen LogP) is 3.63. The van der Waals surface area contributed by atoms with E-state index in [2.05, 4.69) is 32.9 Å². The molecule has 3 aliphatic carbocycles. The van der Waals surface area contributed by atoms with Gasteiger partial charge in [0.15, 0.2) is 0 Å². The molecule has 0 aromatic carbocycles. The zero-order valence-electron chi connectivity index (χ0n) is 8.51. The largest absolute Gasteiger partial charge is 0.0879 e. The first-order valence-corrected chi connectivity index (χ1v) is 5.34. The number of rotatable bonds is 2. The smallest absolute Gasteiger partial charge is 0.0148 e. The van der Waals surface area contributed by atoms with Crippen LogP contribution in [0.4, 0.5) is 0 Å². The lowest BCUT2D eigenvalue weighted by molar-refractivity contribution is -0.0810. The van der Waals surface area contributed by atoms with Crippen LogP contribution in [-0.2, 0) is 0 Å². The maximum atomic E-state index is 2.47. The Bertz CT molecular complexity index is 200. The summed E-state index contributed by atoms with van der Waals surface area (Å²) in [5.74, 6) is 2.92. The minimum atomic E-state index is 0.620. The van der Waals surface area contributed by atoms with Crippen molar-refractivity contribution in [1.82, 2.24) is 0 Å². The molecule has 3 rings (SSSR count). The van der Waals surface area contributed by atoms with Gasteiger partial charge in [-0.05, 0) is 36.0 Å². The topological polar surface area (TPSA) is 0 Å². The first-order chi connectivity index (χ1) is 5.68. The third kappa shape index (κ3) is 0.901. The van der Waals surface area contributed by atoms with Crippen LogP contribution in [0.3, 0.4) is 0 Å². The SMILES string of the molecule is CCCC1C2C=CCC1C2(C)C. The second-order valence-corrected chi connectivity index (χ2v) is 5.07. The lowest BCUT2D eigenvalue weighted by atomic mass is 9.44. The lowest BCUT2D eigenvalue weighted by Crippen LogP contribution is -2.54. The molecule has 0 nitrogen and oxygen atoms in total. The van der Waals surface area contributed by atoms with Crippen molar-refractivity contribution in [2.45, 2.75) is 40.0 Å². The van der Waals surface area contributed by atoms with Crippen LogP contribution in [0.5, 0.6) is 0 Å². The van der Waals surface area contributed by atoms with Crippen LogP contribution in [0.15, 0.2) is 12.2 Å². The Hall–Kier alpha value is -0.260. The molecule has 1 saturated carbocycles. The quantitative estimate of drug-likeness (QED) is 0.547. The van der Waals surface area contributed by atoms with Crippen LogP contribution >= 0.6 is 0 Å². The number of hydrogen-bond donors (Lipinski definition) is 0. The molecule has 0 amide bonds. The molecule has 0 radical (unpaired) electrons. The highest BCUT2D eigenvalue weighted by Crippen LogP contribution is 2.61. The summed E-state index contributed by atoms with van der Waals surface area (Å²) in [6.07, 6.45) is 9.02. The van der Waals surface area contributed by atoms with Crippen molar-refractivity contribution in [2.75, 3.05) is 0 Å². The fourth-order valence-corrected chi connectivity index (χ4v) is 3.44. The van der Waals surface area contributed by atoms with Gasteiger partial charge in [-0.3, -0.25) is 0 Å². The maximum absolute atomic E-state index is 2.47. The van der Waals surface area contributed by atoms with Crippen molar-refractivity contribution in [1.29, 1.82) is 0 Å². The third-order valence-electron chi connectivity index (χ3n) is 4.15. The minimum Gasteiger partial charge on any atom is -0.0879 e. The molecule has 2 bridgehead atoms. The van der Waals surface area contributed by atoms with E-state index in [1.807, 2.05) is 0 Å². The van der Waals surface area contributed by atoms with Gasteiger partial charge in [0, 0.05) is 0 Å². The van der Waals surface area contributed by atoms with Crippen LogP contribution in [0.2, 0.25) is 0 Å². The Balaban J connectivity index is 2.11. The molecule has 68 valence electrons. The average Bonchev–Trinajstić information content (AvgIpc) is 2.06. The highest BCUT2D eigenvalue weighted by Gasteiger charge is 2.54. The van der Waals surface area contributed by atoms with E-state index in [1.165, 1.54) is 19.3 Å². The summed E-state index contributed by atoms with van der Waals surface area (Å²) in [6, 6.07) is 0. The Morgan fingerprint density at radius 2 is 2.17 bits per heavy atom. The summed E-state index contributed by atoms with van der Waals surface area (Å²) in [5, 5.41) is 0. The normalized spacial score (nSPS) is 42.4. The molecule has 0 spiro atoms. The third-order valence-corrected chi connectivity index (χ3v) is 4.15. The molecule has 12 heavy (non-hydrogen) atoms. The number of allylic oxidation sites excluding steroid dienone is 2. The average molecular weight is 164 g/mol. The Kier molecular flexibility index (Phi) is 1.82. The minimum absolute atomic E-state index is 0.620. The standard InChI is InChI=1S/C12H20/c1-4-6-9-10-7-5-8-11(9)12(10,2)3/h5,7,9-11H,4,6,8H2,1-3H3. The van der Waals surface area contributed by atoms with E-state index < -0.39 is 0 Å². The van der Waals surface area contributed by atoms with E-state index in [4.69, 9.17) is 0 Å². The summed E-state index contributed by atoms with van der Waals surface area (Å²) in [5.41, 5.74) is 0.620. The first kappa shape index (κ1) is 8.34. The van der Waals surface area contributed by atoms with Gasteiger partial charge in [-0.25, -0.2) is 0 Å². The van der Waals surface area contributed by atoms with Crippen molar-refractivity contribution in [3.63, 3.8) is 0 Å². The predicted molar refractivity (Wildman–Crippen MR) is 52.9 cm³/mol. The van der Waals surface area contributed by atoms with Gasteiger partial charge in [-0.15, -0.1) is 0 Å². The van der Waals surface area contributed by atoms with E-state index >= 15 is 0 Å². The van der Waals surface area contributed by atoms with Gasteiger partial charge < -0.3 is 0 Å². The molecule has 0 aliphatic heterocycles. The Morgan fingerprint density at radius 1 is 1.42 bits per heavy atom. The first-order valence-electron chi connectivity index (χ1n) is 5.34. The Morgan fingerprint density at radius 3 is 2.58 bits per heavy atom. The van der Waals surface area contributed by atoms with Gasteiger partial charge in [-0.1, -0.05) is 39.3 Å². The van der Waals surface area contributed by atoms with E-state index in [1.54, 1.807) is 0 Å². The molecular formula is C12H20.